The van der Waals surface area contributed by atoms with E-state index in [0.29, 0.717) is 11.4 Å². The number of nitrogen functional groups attached to an aromatic ring is 1. The maximum atomic E-state index is 13.9. The third kappa shape index (κ3) is 5.14. The Morgan fingerprint density at radius 2 is 1.87 bits per heavy atom. The fraction of sp³-hybridized carbons (Fsp3) is 0.261. The summed E-state index contributed by atoms with van der Waals surface area (Å²) in [5.74, 6) is 0.427. The first-order chi connectivity index (χ1) is 14.8. The lowest BCUT2D eigenvalue weighted by atomic mass is 10.0. The monoisotopic (exact) mass is 441 g/mol. The summed E-state index contributed by atoms with van der Waals surface area (Å²) in [7, 11) is -3.34. The number of sulfonamides is 1. The molecule has 31 heavy (non-hydrogen) atoms. The quantitative estimate of drug-likeness (QED) is 0.560. The molecule has 1 heterocycles. The van der Waals surface area contributed by atoms with Gasteiger partial charge in [0, 0.05) is 17.4 Å². The number of halogens is 1. The van der Waals surface area contributed by atoms with E-state index in [2.05, 4.69) is 9.71 Å². The van der Waals surface area contributed by atoms with E-state index >= 15 is 0 Å². The molecule has 0 bridgehead atoms. The fourth-order valence-electron chi connectivity index (χ4n) is 3.82. The minimum absolute atomic E-state index is 0.265. The summed E-state index contributed by atoms with van der Waals surface area (Å²) in [6.07, 6.45) is 6.12. The molecule has 1 aromatic heterocycles. The molecule has 1 aliphatic carbocycles. The van der Waals surface area contributed by atoms with Gasteiger partial charge in [0.15, 0.2) is 11.6 Å². The number of rotatable bonds is 5. The summed E-state index contributed by atoms with van der Waals surface area (Å²) < 4.78 is 45.4. The Bertz CT molecular complexity index is 1200. The summed E-state index contributed by atoms with van der Waals surface area (Å²) >= 11 is 0. The van der Waals surface area contributed by atoms with Crippen molar-refractivity contribution in [3.63, 3.8) is 0 Å². The number of aromatic nitrogens is 1. The third-order valence-electron chi connectivity index (χ3n) is 5.29. The lowest BCUT2D eigenvalue weighted by Crippen LogP contribution is -2.10. The van der Waals surface area contributed by atoms with Gasteiger partial charge in [-0.1, -0.05) is 18.2 Å². The molecule has 2 aromatic carbocycles. The molecule has 162 valence electrons. The van der Waals surface area contributed by atoms with Crippen LogP contribution in [0.5, 0.6) is 5.75 Å². The van der Waals surface area contributed by atoms with Gasteiger partial charge in [-0.3, -0.25) is 4.72 Å². The highest BCUT2D eigenvalue weighted by atomic mass is 32.2. The van der Waals surface area contributed by atoms with Crippen molar-refractivity contribution in [1.82, 2.24) is 4.98 Å². The topological polar surface area (TPSA) is 94.3 Å². The number of fused-ring (bicyclic) bond motifs is 1. The van der Waals surface area contributed by atoms with E-state index < -0.39 is 10.0 Å². The number of ether oxygens (including phenoxy) is 1. The van der Waals surface area contributed by atoms with Gasteiger partial charge in [-0.05, 0) is 72.7 Å². The molecule has 0 aliphatic heterocycles. The van der Waals surface area contributed by atoms with Crippen LogP contribution in [0, 0.1) is 5.82 Å². The number of pyridine rings is 1. The minimum Gasteiger partial charge on any atom is -0.482 e. The number of hydrogen-bond acceptors (Lipinski definition) is 5. The van der Waals surface area contributed by atoms with Crippen molar-refractivity contribution >= 4 is 21.5 Å². The van der Waals surface area contributed by atoms with Crippen LogP contribution in [-0.2, 0) is 16.4 Å². The van der Waals surface area contributed by atoms with E-state index in [4.69, 9.17) is 10.5 Å². The SMILES string of the molecule is CS(=O)(=O)Nc1ccc(-c2cnc(N)c(OC3CCCCc4ccc(F)cc43)c2)cc1. The minimum atomic E-state index is -3.34. The van der Waals surface area contributed by atoms with Crippen molar-refractivity contribution in [1.29, 1.82) is 0 Å². The molecule has 3 N–H and O–H groups in total. The number of nitrogens with two attached hydrogens (primary N) is 1. The molecule has 0 saturated heterocycles. The van der Waals surface area contributed by atoms with Crippen LogP contribution in [0.2, 0.25) is 0 Å². The van der Waals surface area contributed by atoms with E-state index in [1.165, 1.54) is 6.07 Å². The summed E-state index contributed by atoms with van der Waals surface area (Å²) in [4.78, 5) is 4.27. The molecule has 8 heteroatoms. The van der Waals surface area contributed by atoms with Gasteiger partial charge in [0.2, 0.25) is 10.0 Å². The Morgan fingerprint density at radius 3 is 2.61 bits per heavy atom. The Morgan fingerprint density at radius 1 is 1.10 bits per heavy atom. The van der Waals surface area contributed by atoms with Crippen LogP contribution in [0.15, 0.2) is 54.7 Å². The van der Waals surface area contributed by atoms with Gasteiger partial charge in [-0.2, -0.15) is 0 Å². The van der Waals surface area contributed by atoms with Crippen LogP contribution >= 0.6 is 0 Å². The molecule has 4 rings (SSSR count). The number of nitrogens with one attached hydrogen (secondary N) is 1. The maximum Gasteiger partial charge on any atom is 0.229 e. The highest BCUT2D eigenvalue weighted by Crippen LogP contribution is 2.36. The van der Waals surface area contributed by atoms with E-state index in [9.17, 15) is 12.8 Å². The first-order valence-electron chi connectivity index (χ1n) is 10.1. The summed E-state index contributed by atoms with van der Waals surface area (Å²) in [6, 6.07) is 13.6. The average molecular weight is 442 g/mol. The fourth-order valence-corrected chi connectivity index (χ4v) is 4.39. The van der Waals surface area contributed by atoms with Crippen molar-refractivity contribution in [3.8, 4) is 16.9 Å². The molecule has 1 unspecified atom stereocenters. The van der Waals surface area contributed by atoms with E-state index in [-0.39, 0.29) is 17.7 Å². The van der Waals surface area contributed by atoms with Crippen LogP contribution < -0.4 is 15.2 Å². The molecule has 0 saturated carbocycles. The standard InChI is InChI=1S/C23H24FN3O3S/c1-31(28,29)27-19-10-7-15(8-11-19)17-12-22(23(25)26-14-17)30-21-5-3-2-4-16-6-9-18(24)13-20(16)21/h6-14,21,27H,2-5H2,1H3,(H2,25,26). The summed E-state index contributed by atoms with van der Waals surface area (Å²) in [5, 5.41) is 0. The normalized spacial score (nSPS) is 16.3. The number of anilines is 2. The maximum absolute atomic E-state index is 13.9. The number of hydrogen-bond donors (Lipinski definition) is 2. The Balaban J connectivity index is 1.61. The second-order valence-corrected chi connectivity index (χ2v) is 9.50. The summed E-state index contributed by atoms with van der Waals surface area (Å²) in [5.41, 5.74) is 10.1. The van der Waals surface area contributed by atoms with Crippen molar-refractivity contribution in [2.24, 2.45) is 0 Å². The second-order valence-electron chi connectivity index (χ2n) is 7.75. The highest BCUT2D eigenvalue weighted by Gasteiger charge is 2.22. The van der Waals surface area contributed by atoms with E-state index in [0.717, 1.165) is 54.2 Å². The molecule has 0 fully saturated rings. The predicted octanol–water partition coefficient (Wildman–Crippen LogP) is 4.69. The first kappa shape index (κ1) is 21.1. The third-order valence-corrected chi connectivity index (χ3v) is 5.90. The van der Waals surface area contributed by atoms with Crippen molar-refractivity contribution < 1.29 is 17.5 Å². The zero-order valence-corrected chi connectivity index (χ0v) is 18.0. The predicted molar refractivity (Wildman–Crippen MR) is 120 cm³/mol. The zero-order valence-electron chi connectivity index (χ0n) is 17.1. The molecular weight excluding hydrogens is 417 g/mol. The number of benzene rings is 2. The van der Waals surface area contributed by atoms with Crippen LogP contribution in [-0.4, -0.2) is 19.7 Å². The lowest BCUT2D eigenvalue weighted by molar-refractivity contribution is 0.194. The molecule has 1 atom stereocenters. The van der Waals surface area contributed by atoms with Gasteiger partial charge in [-0.15, -0.1) is 0 Å². The Hall–Kier alpha value is -3.13. The van der Waals surface area contributed by atoms with Crippen molar-refractivity contribution in [3.05, 3.63) is 71.7 Å². The number of aryl methyl sites for hydroxylation is 1. The van der Waals surface area contributed by atoms with Crippen LogP contribution in [0.1, 0.15) is 36.5 Å². The Labute approximate surface area is 181 Å². The zero-order chi connectivity index (χ0) is 22.0. The molecule has 3 aromatic rings. The highest BCUT2D eigenvalue weighted by molar-refractivity contribution is 7.92. The van der Waals surface area contributed by atoms with Gasteiger partial charge in [0.1, 0.15) is 11.9 Å². The van der Waals surface area contributed by atoms with Gasteiger partial charge in [-0.25, -0.2) is 17.8 Å². The molecule has 1 aliphatic rings. The van der Waals surface area contributed by atoms with Crippen LogP contribution in [0.25, 0.3) is 11.1 Å². The largest absolute Gasteiger partial charge is 0.482 e. The molecule has 0 spiro atoms. The van der Waals surface area contributed by atoms with Gasteiger partial charge < -0.3 is 10.5 Å². The molecule has 0 radical (unpaired) electrons. The van der Waals surface area contributed by atoms with Crippen LogP contribution in [0.3, 0.4) is 0 Å². The van der Waals surface area contributed by atoms with Gasteiger partial charge in [0.05, 0.1) is 6.26 Å². The Kier molecular flexibility index (Phi) is 5.82. The van der Waals surface area contributed by atoms with Crippen molar-refractivity contribution in [2.75, 3.05) is 16.7 Å². The van der Waals surface area contributed by atoms with Crippen LogP contribution in [0.4, 0.5) is 15.9 Å². The first-order valence-corrected chi connectivity index (χ1v) is 12.0. The van der Waals surface area contributed by atoms with Crippen molar-refractivity contribution in [2.45, 2.75) is 31.8 Å². The number of nitrogens with zero attached hydrogens (tertiary/aromatic N) is 1. The van der Waals surface area contributed by atoms with Gasteiger partial charge >= 0.3 is 0 Å². The van der Waals surface area contributed by atoms with E-state index in [1.54, 1.807) is 36.5 Å². The molecule has 0 amide bonds. The van der Waals surface area contributed by atoms with E-state index in [1.807, 2.05) is 12.1 Å². The second kappa shape index (κ2) is 8.55. The summed E-state index contributed by atoms with van der Waals surface area (Å²) in [6.45, 7) is 0. The molecular formula is C23H24FN3O3S. The van der Waals surface area contributed by atoms with Gasteiger partial charge in [0.25, 0.3) is 0 Å². The smallest absolute Gasteiger partial charge is 0.229 e. The molecule has 6 nitrogen and oxygen atoms in total. The average Bonchev–Trinajstić information content (AvgIpc) is 2.91. The lowest BCUT2D eigenvalue weighted by Gasteiger charge is -2.21.